The minimum absolute atomic E-state index is 0.100. The van der Waals surface area contributed by atoms with Crippen molar-refractivity contribution in [1.29, 1.82) is 0 Å². The lowest BCUT2D eigenvalue weighted by molar-refractivity contribution is -0.116. The Bertz CT molecular complexity index is 614. The first-order valence-corrected chi connectivity index (χ1v) is 9.87. The molecule has 0 saturated carbocycles. The van der Waals surface area contributed by atoms with E-state index in [0.29, 0.717) is 12.2 Å². The molecule has 3 aliphatic rings. The third-order valence-corrected chi connectivity index (χ3v) is 6.04. The summed E-state index contributed by atoms with van der Waals surface area (Å²) in [6.45, 7) is 7.91. The topological polar surface area (TPSA) is 54.9 Å². The number of rotatable bonds is 2. The molecule has 142 valence electrons. The number of ether oxygens (including phenoxy) is 2. The van der Waals surface area contributed by atoms with Crippen molar-refractivity contribution in [2.24, 2.45) is 5.92 Å². The van der Waals surface area contributed by atoms with Crippen molar-refractivity contribution in [2.75, 3.05) is 50.9 Å². The molecular weight excluding hydrogens is 330 g/mol. The van der Waals surface area contributed by atoms with E-state index in [1.54, 1.807) is 6.20 Å². The molecule has 3 aliphatic heterocycles. The zero-order valence-corrected chi connectivity index (χ0v) is 15.7. The van der Waals surface area contributed by atoms with Crippen LogP contribution in [0.15, 0.2) is 18.3 Å². The fourth-order valence-electron chi connectivity index (χ4n) is 4.18. The number of hydrogen-bond acceptors (Lipinski definition) is 5. The van der Waals surface area contributed by atoms with Gasteiger partial charge in [-0.2, -0.15) is 0 Å². The predicted octanol–water partition coefficient (Wildman–Crippen LogP) is 2.34. The lowest BCUT2D eigenvalue weighted by atomic mass is 9.92. The van der Waals surface area contributed by atoms with Gasteiger partial charge < -0.3 is 19.3 Å². The van der Waals surface area contributed by atoms with Crippen molar-refractivity contribution in [3.8, 4) is 0 Å². The molecule has 6 heteroatoms. The number of amides is 1. The molecule has 0 atom stereocenters. The summed E-state index contributed by atoms with van der Waals surface area (Å²) in [7, 11) is 0. The molecule has 3 saturated heterocycles. The third-order valence-electron chi connectivity index (χ3n) is 6.04. The number of carbonyl (C=O) groups is 1. The molecule has 4 heterocycles. The Morgan fingerprint density at radius 3 is 2.62 bits per heavy atom. The number of pyridine rings is 1. The van der Waals surface area contributed by atoms with Crippen molar-refractivity contribution < 1.29 is 14.3 Å². The molecule has 1 aromatic heterocycles. The van der Waals surface area contributed by atoms with Crippen LogP contribution in [0, 0.1) is 5.92 Å². The Balaban J connectivity index is 1.41. The van der Waals surface area contributed by atoms with E-state index in [4.69, 9.17) is 9.47 Å². The lowest BCUT2D eigenvalue weighted by Crippen LogP contribution is -2.54. The molecule has 0 unspecified atom stereocenters. The number of likely N-dealkylation sites (tertiary alicyclic amines) is 1. The number of aromatic nitrogens is 1. The van der Waals surface area contributed by atoms with Crippen molar-refractivity contribution in [3.05, 3.63) is 23.9 Å². The van der Waals surface area contributed by atoms with Gasteiger partial charge in [-0.25, -0.2) is 4.98 Å². The summed E-state index contributed by atoms with van der Waals surface area (Å²) in [5.74, 6) is 1.76. The monoisotopic (exact) mass is 359 g/mol. The number of hydrogen-bond donors (Lipinski definition) is 0. The van der Waals surface area contributed by atoms with Gasteiger partial charge in [0.1, 0.15) is 5.82 Å². The molecule has 6 nitrogen and oxygen atoms in total. The van der Waals surface area contributed by atoms with Crippen LogP contribution < -0.4 is 4.90 Å². The highest BCUT2D eigenvalue weighted by Gasteiger charge is 2.38. The summed E-state index contributed by atoms with van der Waals surface area (Å²) in [6.07, 6.45) is 5.80. The highest BCUT2D eigenvalue weighted by atomic mass is 16.5. The minimum Gasteiger partial charge on any atom is -0.381 e. The highest BCUT2D eigenvalue weighted by Crippen LogP contribution is 2.31. The van der Waals surface area contributed by atoms with Crippen LogP contribution in [0.25, 0.3) is 0 Å². The molecule has 1 spiro atoms. The van der Waals surface area contributed by atoms with Crippen molar-refractivity contribution in [3.63, 3.8) is 0 Å². The smallest absolute Gasteiger partial charge is 0.255 e. The largest absolute Gasteiger partial charge is 0.381 e. The van der Waals surface area contributed by atoms with Crippen LogP contribution in [0.4, 0.5) is 5.82 Å². The van der Waals surface area contributed by atoms with Crippen molar-refractivity contribution >= 4 is 11.7 Å². The molecule has 1 amide bonds. The first-order chi connectivity index (χ1) is 12.7. The minimum atomic E-state index is -0.100. The second-order valence-electron chi connectivity index (χ2n) is 7.95. The average Bonchev–Trinajstić information content (AvgIpc) is 2.69. The second kappa shape index (κ2) is 7.53. The Hall–Kier alpha value is -1.66. The normalized spacial score (nSPS) is 24.0. The fourth-order valence-corrected chi connectivity index (χ4v) is 4.18. The van der Waals surface area contributed by atoms with Gasteiger partial charge in [0.25, 0.3) is 5.91 Å². The maximum absolute atomic E-state index is 12.7. The van der Waals surface area contributed by atoms with E-state index in [9.17, 15) is 4.79 Å². The first kappa shape index (κ1) is 17.7. The van der Waals surface area contributed by atoms with Crippen molar-refractivity contribution in [2.45, 2.75) is 38.2 Å². The first-order valence-electron chi connectivity index (χ1n) is 9.87. The van der Waals surface area contributed by atoms with E-state index >= 15 is 0 Å². The van der Waals surface area contributed by atoms with Gasteiger partial charge in [0.15, 0.2) is 0 Å². The van der Waals surface area contributed by atoms with Gasteiger partial charge in [0.05, 0.1) is 17.8 Å². The van der Waals surface area contributed by atoms with Gasteiger partial charge in [-0.15, -0.1) is 0 Å². The van der Waals surface area contributed by atoms with Crippen LogP contribution in [-0.2, 0) is 9.47 Å². The van der Waals surface area contributed by atoms with Crippen LogP contribution in [-0.4, -0.2) is 67.4 Å². The molecule has 4 rings (SSSR count). The Kier molecular flexibility index (Phi) is 5.14. The lowest BCUT2D eigenvalue weighted by Gasteiger charge is -2.45. The van der Waals surface area contributed by atoms with Gasteiger partial charge >= 0.3 is 0 Å². The number of anilines is 1. The zero-order valence-electron chi connectivity index (χ0n) is 15.7. The van der Waals surface area contributed by atoms with Gasteiger partial charge in [-0.3, -0.25) is 4.79 Å². The van der Waals surface area contributed by atoms with Gasteiger partial charge in [-0.1, -0.05) is 6.92 Å². The van der Waals surface area contributed by atoms with E-state index in [0.717, 1.165) is 76.8 Å². The van der Waals surface area contributed by atoms with Crippen molar-refractivity contribution in [1.82, 2.24) is 9.88 Å². The number of morpholine rings is 1. The molecule has 0 bridgehead atoms. The number of piperidine rings is 1. The maximum atomic E-state index is 12.7. The summed E-state index contributed by atoms with van der Waals surface area (Å²) in [4.78, 5) is 21.5. The van der Waals surface area contributed by atoms with E-state index in [1.807, 2.05) is 17.0 Å². The second-order valence-corrected chi connectivity index (χ2v) is 7.95. The molecule has 1 aromatic rings. The molecule has 0 aromatic carbocycles. The van der Waals surface area contributed by atoms with Crippen LogP contribution in [0.5, 0.6) is 0 Å². The Labute approximate surface area is 155 Å². The predicted molar refractivity (Wildman–Crippen MR) is 99.5 cm³/mol. The standard InChI is InChI=1S/C20H29N3O3/c1-16-4-8-22(9-5-16)19(24)17-2-3-18(21-14-17)23-10-13-26-20(15-23)6-11-25-12-7-20/h2-3,14,16H,4-13,15H2,1H3. The summed E-state index contributed by atoms with van der Waals surface area (Å²) < 4.78 is 11.6. The summed E-state index contributed by atoms with van der Waals surface area (Å²) in [5.41, 5.74) is 0.592. The maximum Gasteiger partial charge on any atom is 0.255 e. The molecule has 3 fully saturated rings. The van der Waals surface area contributed by atoms with Crippen LogP contribution in [0.3, 0.4) is 0 Å². The fraction of sp³-hybridized carbons (Fsp3) is 0.700. The van der Waals surface area contributed by atoms with Gasteiger partial charge in [-0.05, 0) is 30.9 Å². The SMILES string of the molecule is CC1CCN(C(=O)c2ccc(N3CCOC4(CCOCC4)C3)nc2)CC1. The van der Waals surface area contributed by atoms with Crippen LogP contribution in [0.1, 0.15) is 43.0 Å². The van der Waals surface area contributed by atoms with Gasteiger partial charge in [0.2, 0.25) is 0 Å². The summed E-state index contributed by atoms with van der Waals surface area (Å²) in [5, 5.41) is 0. The third kappa shape index (κ3) is 3.71. The molecule has 0 radical (unpaired) electrons. The van der Waals surface area contributed by atoms with Crippen LogP contribution in [0.2, 0.25) is 0 Å². The molecule has 0 N–H and O–H groups in total. The van der Waals surface area contributed by atoms with E-state index < -0.39 is 0 Å². The van der Waals surface area contributed by atoms with Crippen LogP contribution >= 0.6 is 0 Å². The Morgan fingerprint density at radius 1 is 1.15 bits per heavy atom. The molecular formula is C20H29N3O3. The highest BCUT2D eigenvalue weighted by molar-refractivity contribution is 5.94. The number of carbonyl (C=O) groups excluding carboxylic acids is 1. The molecule has 26 heavy (non-hydrogen) atoms. The Morgan fingerprint density at radius 2 is 1.92 bits per heavy atom. The van der Waals surface area contributed by atoms with E-state index in [-0.39, 0.29) is 11.5 Å². The average molecular weight is 359 g/mol. The number of nitrogens with zero attached hydrogens (tertiary/aromatic N) is 3. The van der Waals surface area contributed by atoms with E-state index in [2.05, 4.69) is 16.8 Å². The quantitative estimate of drug-likeness (QED) is 0.811. The molecule has 0 aliphatic carbocycles. The zero-order chi connectivity index (χ0) is 18.0. The van der Waals surface area contributed by atoms with Gasteiger partial charge in [0, 0.05) is 58.4 Å². The summed E-state index contributed by atoms with van der Waals surface area (Å²) >= 11 is 0. The summed E-state index contributed by atoms with van der Waals surface area (Å²) in [6, 6.07) is 3.91. The van der Waals surface area contributed by atoms with E-state index in [1.165, 1.54) is 0 Å².